The highest BCUT2D eigenvalue weighted by atomic mass is 16.3. The molecule has 31 heavy (non-hydrogen) atoms. The number of anilines is 3. The van der Waals surface area contributed by atoms with Crippen LogP contribution in [-0.4, -0.2) is 54.4 Å². The van der Waals surface area contributed by atoms with E-state index in [-0.39, 0.29) is 12.6 Å². The van der Waals surface area contributed by atoms with E-state index in [9.17, 15) is 9.90 Å². The summed E-state index contributed by atoms with van der Waals surface area (Å²) >= 11 is 0. The van der Waals surface area contributed by atoms with Crippen molar-refractivity contribution in [1.29, 1.82) is 0 Å². The molecule has 1 amide bonds. The number of imidazole rings is 1. The Morgan fingerprint density at radius 3 is 3.03 bits per heavy atom. The Bertz CT molecular complexity index is 1250. The van der Waals surface area contributed by atoms with Crippen LogP contribution in [0.15, 0.2) is 55.1 Å². The molecule has 1 atom stereocenters. The number of hydrogen-bond acceptors (Lipinski definition) is 7. The molecule has 0 radical (unpaired) electrons. The van der Waals surface area contributed by atoms with Gasteiger partial charge in [-0.15, -0.1) is 5.10 Å². The first kappa shape index (κ1) is 19.1. The average Bonchev–Trinajstić information content (AvgIpc) is 3.53. The molecular weight excluding hydrogens is 396 g/mol. The number of nitrogens with one attached hydrogen (secondary N) is 1. The number of hydrogen-bond donors (Lipinski definition) is 3. The summed E-state index contributed by atoms with van der Waals surface area (Å²) in [7, 11) is 0. The molecule has 4 aromatic rings. The number of rotatable bonds is 6. The molecule has 4 N–H and O–H groups in total. The minimum Gasteiger partial charge on any atom is -0.394 e. The van der Waals surface area contributed by atoms with Crippen molar-refractivity contribution in [3.63, 3.8) is 0 Å². The van der Waals surface area contributed by atoms with Crippen molar-refractivity contribution >= 4 is 29.0 Å². The maximum atomic E-state index is 11.5. The van der Waals surface area contributed by atoms with Crippen LogP contribution in [0.3, 0.4) is 0 Å². The molecule has 0 saturated carbocycles. The molecule has 10 heteroatoms. The zero-order valence-electron chi connectivity index (χ0n) is 16.7. The molecular formula is C21H22N8O2. The average molecular weight is 418 g/mol. The minimum absolute atomic E-state index is 0.0256. The van der Waals surface area contributed by atoms with Crippen LogP contribution in [-0.2, 0) is 0 Å². The van der Waals surface area contributed by atoms with Gasteiger partial charge >= 0.3 is 0 Å². The lowest BCUT2D eigenvalue weighted by Crippen LogP contribution is -2.34. The fourth-order valence-electron chi connectivity index (χ4n) is 3.90. The molecule has 5 rings (SSSR count). The summed E-state index contributed by atoms with van der Waals surface area (Å²) in [6.07, 6.45) is 7.25. The summed E-state index contributed by atoms with van der Waals surface area (Å²) < 4.78 is 3.57. The van der Waals surface area contributed by atoms with Crippen molar-refractivity contribution in [3.8, 4) is 5.69 Å². The summed E-state index contributed by atoms with van der Waals surface area (Å²) in [6.45, 7) is 0.882. The number of benzene rings is 1. The minimum atomic E-state index is -0.479. The van der Waals surface area contributed by atoms with Gasteiger partial charge in [-0.25, -0.2) is 9.50 Å². The van der Waals surface area contributed by atoms with Gasteiger partial charge in [0.1, 0.15) is 17.7 Å². The van der Waals surface area contributed by atoms with Gasteiger partial charge in [0.25, 0.3) is 0 Å². The van der Waals surface area contributed by atoms with Crippen LogP contribution in [0.2, 0.25) is 0 Å². The maximum absolute atomic E-state index is 11.5. The molecule has 0 bridgehead atoms. The van der Waals surface area contributed by atoms with Gasteiger partial charge in [-0.05, 0) is 43.2 Å². The fourth-order valence-corrected chi connectivity index (χ4v) is 3.90. The number of aliphatic hydroxyl groups excluding tert-OH is 1. The summed E-state index contributed by atoms with van der Waals surface area (Å²) in [6, 6.07) is 10.9. The maximum Gasteiger partial charge on any atom is 0.248 e. The first-order chi connectivity index (χ1) is 15.1. The molecule has 1 aromatic carbocycles. The van der Waals surface area contributed by atoms with Gasteiger partial charge in [-0.2, -0.15) is 4.98 Å². The van der Waals surface area contributed by atoms with E-state index in [1.807, 2.05) is 35.5 Å². The predicted molar refractivity (Wildman–Crippen MR) is 116 cm³/mol. The number of aromatic nitrogens is 5. The Kier molecular flexibility index (Phi) is 4.75. The largest absolute Gasteiger partial charge is 0.394 e. The van der Waals surface area contributed by atoms with Gasteiger partial charge in [0, 0.05) is 24.0 Å². The first-order valence-corrected chi connectivity index (χ1v) is 10.1. The fraction of sp³-hybridized carbons (Fsp3) is 0.238. The topological polar surface area (TPSA) is 127 Å². The quantitative estimate of drug-likeness (QED) is 0.435. The highest BCUT2D eigenvalue weighted by Crippen LogP contribution is 2.26. The lowest BCUT2D eigenvalue weighted by atomic mass is 10.2. The van der Waals surface area contributed by atoms with Gasteiger partial charge < -0.3 is 25.6 Å². The Morgan fingerprint density at radius 2 is 2.19 bits per heavy atom. The highest BCUT2D eigenvalue weighted by molar-refractivity contribution is 5.93. The number of carbonyl (C=O) groups is 1. The van der Waals surface area contributed by atoms with E-state index in [0.29, 0.717) is 23.1 Å². The molecule has 1 aliphatic heterocycles. The van der Waals surface area contributed by atoms with Gasteiger partial charge in [0.2, 0.25) is 11.9 Å². The van der Waals surface area contributed by atoms with Crippen LogP contribution < -0.4 is 16.0 Å². The number of carbonyl (C=O) groups excluding carboxylic acids is 1. The van der Waals surface area contributed by atoms with Crippen molar-refractivity contribution in [1.82, 2.24) is 24.1 Å². The molecule has 1 saturated heterocycles. The van der Waals surface area contributed by atoms with Crippen molar-refractivity contribution in [2.45, 2.75) is 18.9 Å². The van der Waals surface area contributed by atoms with Gasteiger partial charge in [-0.3, -0.25) is 4.79 Å². The number of primary amides is 1. The molecule has 1 aliphatic rings. The van der Waals surface area contributed by atoms with Crippen molar-refractivity contribution in [3.05, 3.63) is 60.7 Å². The molecule has 4 heterocycles. The molecule has 10 nitrogen and oxygen atoms in total. The third kappa shape index (κ3) is 3.57. The molecule has 0 spiro atoms. The smallest absolute Gasteiger partial charge is 0.248 e. The van der Waals surface area contributed by atoms with Crippen LogP contribution in [0.4, 0.5) is 17.6 Å². The second-order valence-corrected chi connectivity index (χ2v) is 7.48. The molecule has 158 valence electrons. The monoisotopic (exact) mass is 418 g/mol. The summed E-state index contributed by atoms with van der Waals surface area (Å²) in [5.74, 6) is 1.30. The standard InChI is InChI=1S/C21H22N8O2/c22-19(31)14-4-1-5-15(10-14)27-11-18(23-13-27)24-20-17-7-3-9-29(17)26-21(25-20)28-8-2-6-16(28)12-30/h1,3-5,7,9-11,13,16,30H,2,6,8,12H2,(H2,22,31)(H,24,25,26)/t16-/m0/s1. The Labute approximate surface area is 177 Å². The second-order valence-electron chi connectivity index (χ2n) is 7.48. The lowest BCUT2D eigenvalue weighted by Gasteiger charge is -2.23. The van der Waals surface area contributed by atoms with E-state index in [1.54, 1.807) is 33.6 Å². The van der Waals surface area contributed by atoms with Gasteiger partial charge in [-0.1, -0.05) is 6.07 Å². The third-order valence-electron chi connectivity index (χ3n) is 5.48. The summed E-state index contributed by atoms with van der Waals surface area (Å²) in [4.78, 5) is 22.7. The Morgan fingerprint density at radius 1 is 1.29 bits per heavy atom. The summed E-state index contributed by atoms with van der Waals surface area (Å²) in [5, 5.41) is 17.6. The lowest BCUT2D eigenvalue weighted by molar-refractivity contribution is 0.1000. The molecule has 0 unspecified atom stereocenters. The zero-order chi connectivity index (χ0) is 21.4. The first-order valence-electron chi connectivity index (χ1n) is 10.1. The zero-order valence-corrected chi connectivity index (χ0v) is 16.7. The number of nitrogens with zero attached hydrogens (tertiary/aromatic N) is 6. The van der Waals surface area contributed by atoms with Gasteiger partial charge in [0.15, 0.2) is 5.82 Å². The van der Waals surface area contributed by atoms with E-state index in [0.717, 1.165) is 30.6 Å². The van der Waals surface area contributed by atoms with Crippen molar-refractivity contribution in [2.75, 3.05) is 23.4 Å². The number of amides is 1. The SMILES string of the molecule is NC(=O)c1cccc(-n2cnc(Nc3nc(N4CCC[C@H]4CO)nn4cccc34)c2)c1. The highest BCUT2D eigenvalue weighted by Gasteiger charge is 2.27. The number of aliphatic hydroxyl groups is 1. The van der Waals surface area contributed by atoms with Crippen LogP contribution in [0.25, 0.3) is 11.2 Å². The van der Waals surface area contributed by atoms with Crippen LogP contribution >= 0.6 is 0 Å². The molecule has 3 aromatic heterocycles. The van der Waals surface area contributed by atoms with Gasteiger partial charge in [0.05, 0.1) is 18.8 Å². The second kappa shape index (κ2) is 7.73. The Balaban J connectivity index is 1.47. The predicted octanol–water partition coefficient (Wildman–Crippen LogP) is 1.72. The van der Waals surface area contributed by atoms with E-state index in [1.165, 1.54) is 0 Å². The van der Waals surface area contributed by atoms with Crippen LogP contribution in [0.1, 0.15) is 23.2 Å². The molecule has 1 fully saturated rings. The van der Waals surface area contributed by atoms with E-state index in [4.69, 9.17) is 10.7 Å². The number of fused-ring (bicyclic) bond motifs is 1. The van der Waals surface area contributed by atoms with E-state index in [2.05, 4.69) is 15.4 Å². The number of nitrogens with two attached hydrogens (primary N) is 1. The summed E-state index contributed by atoms with van der Waals surface area (Å²) in [5.41, 5.74) is 7.40. The normalized spacial score (nSPS) is 16.2. The van der Waals surface area contributed by atoms with Crippen molar-refractivity contribution in [2.24, 2.45) is 5.73 Å². The van der Waals surface area contributed by atoms with Crippen LogP contribution in [0, 0.1) is 0 Å². The van der Waals surface area contributed by atoms with Crippen LogP contribution in [0.5, 0.6) is 0 Å². The van der Waals surface area contributed by atoms with Crippen molar-refractivity contribution < 1.29 is 9.90 Å². The van der Waals surface area contributed by atoms with E-state index < -0.39 is 5.91 Å². The molecule has 0 aliphatic carbocycles. The Hall–Kier alpha value is -3.92. The third-order valence-corrected chi connectivity index (χ3v) is 5.48. The van der Waals surface area contributed by atoms with E-state index >= 15 is 0 Å².